The van der Waals surface area contributed by atoms with Crippen molar-refractivity contribution < 1.29 is 37.9 Å². The maximum atomic E-state index is 12.0. The summed E-state index contributed by atoms with van der Waals surface area (Å²) in [5, 5.41) is 0. The molecule has 0 aliphatic carbocycles. The van der Waals surface area contributed by atoms with E-state index < -0.39 is 18.4 Å². The third-order valence-corrected chi connectivity index (χ3v) is 4.16. The van der Waals surface area contributed by atoms with Crippen LogP contribution in [0.2, 0.25) is 0 Å². The Morgan fingerprint density at radius 3 is 1.35 bits per heavy atom. The fourth-order valence-corrected chi connectivity index (χ4v) is 2.76. The number of hydrogen-bond donors (Lipinski definition) is 0. The van der Waals surface area contributed by atoms with Crippen molar-refractivity contribution in [1.82, 2.24) is 0 Å². The minimum absolute atomic E-state index is 0. The van der Waals surface area contributed by atoms with Crippen LogP contribution in [0.3, 0.4) is 0 Å². The van der Waals surface area contributed by atoms with E-state index in [4.69, 9.17) is 0 Å². The Kier molecular flexibility index (Phi) is 5.68. The van der Waals surface area contributed by atoms with Crippen molar-refractivity contribution in [2.75, 3.05) is 0 Å². The molecule has 96 valence electrons. The Bertz CT molecular complexity index is 600. The topological polar surface area (TPSA) is 74.3 Å². The summed E-state index contributed by atoms with van der Waals surface area (Å²) in [7, 11) is -4.85. The zero-order valence-corrected chi connectivity index (χ0v) is 11.7. The van der Waals surface area contributed by atoms with E-state index in [1.165, 1.54) is 24.3 Å². The number of carbonyl (C=O) groups is 2. The van der Waals surface area contributed by atoms with Gasteiger partial charge >= 0.3 is 18.9 Å². The molecule has 4 nitrogen and oxygen atoms in total. The van der Waals surface area contributed by atoms with E-state index in [2.05, 4.69) is 0 Å². The molecule has 0 amide bonds. The van der Waals surface area contributed by atoms with Crippen LogP contribution in [0.4, 0.5) is 0 Å². The van der Waals surface area contributed by atoms with E-state index in [0.29, 0.717) is 0 Å². The minimum atomic E-state index is -4.85. The predicted molar refractivity (Wildman–Crippen MR) is 69.2 cm³/mol. The van der Waals surface area contributed by atoms with Gasteiger partial charge in [0.15, 0.2) is 7.37 Å². The van der Waals surface area contributed by atoms with E-state index in [1.54, 1.807) is 36.4 Å². The molecule has 0 saturated carbocycles. The first-order chi connectivity index (χ1) is 9.03. The summed E-state index contributed by atoms with van der Waals surface area (Å²) >= 11 is 0. The third kappa shape index (κ3) is 3.36. The summed E-state index contributed by atoms with van der Waals surface area (Å²) in [5.74, 6) is 0. The van der Waals surface area contributed by atoms with Gasteiger partial charge in [-0.2, -0.15) is 0 Å². The monoisotopic (exact) mass is 280 g/mol. The van der Waals surface area contributed by atoms with Gasteiger partial charge in [-0.25, -0.2) is 0 Å². The number of rotatable bonds is 4. The SMILES string of the molecule is O=C(c1ccccc1)P(=O)([O-])C(=O)c1ccccc1.[Li+]. The molecule has 0 fully saturated rings. The summed E-state index contributed by atoms with van der Waals surface area (Å²) in [6.45, 7) is 0. The van der Waals surface area contributed by atoms with Crippen LogP contribution < -0.4 is 23.8 Å². The van der Waals surface area contributed by atoms with E-state index in [-0.39, 0.29) is 30.0 Å². The van der Waals surface area contributed by atoms with Gasteiger partial charge in [0.25, 0.3) is 0 Å². The molecular formula is C14H10LiO4P. The quantitative estimate of drug-likeness (QED) is 0.549. The van der Waals surface area contributed by atoms with Crippen LogP contribution in [-0.2, 0) is 4.57 Å². The van der Waals surface area contributed by atoms with Crippen LogP contribution in [0.1, 0.15) is 20.7 Å². The molecule has 0 aromatic heterocycles. The van der Waals surface area contributed by atoms with Crippen molar-refractivity contribution in [3.8, 4) is 0 Å². The standard InChI is InChI=1S/C14H11O4P.Li/c15-13(11-7-3-1-4-8-11)19(17,18)14(16)12-9-5-2-6-10-12;/h1-10H,(H,17,18);/q;+1/p-1. The Morgan fingerprint density at radius 1 is 0.750 bits per heavy atom. The zero-order valence-electron chi connectivity index (χ0n) is 10.9. The molecule has 0 radical (unpaired) electrons. The van der Waals surface area contributed by atoms with E-state index in [0.717, 1.165) is 0 Å². The van der Waals surface area contributed by atoms with Gasteiger partial charge in [-0.15, -0.1) is 0 Å². The normalized spacial score (nSPS) is 10.4. The maximum absolute atomic E-state index is 12.0. The summed E-state index contributed by atoms with van der Waals surface area (Å²) in [5.41, 5.74) is -2.32. The van der Waals surface area contributed by atoms with Gasteiger partial charge < -0.3 is 9.46 Å². The summed E-state index contributed by atoms with van der Waals surface area (Å²) in [6, 6.07) is 14.9. The van der Waals surface area contributed by atoms with Crippen molar-refractivity contribution in [3.63, 3.8) is 0 Å². The van der Waals surface area contributed by atoms with Crippen LogP contribution in [0.5, 0.6) is 0 Å². The Labute approximate surface area is 128 Å². The molecule has 0 N–H and O–H groups in total. The molecule has 0 aliphatic heterocycles. The third-order valence-electron chi connectivity index (χ3n) is 2.58. The van der Waals surface area contributed by atoms with Crippen LogP contribution in [0.15, 0.2) is 60.7 Å². The van der Waals surface area contributed by atoms with Gasteiger partial charge in [0.05, 0.1) is 0 Å². The number of carbonyl (C=O) groups excluding carboxylic acids is 2. The molecule has 6 heteroatoms. The summed E-state index contributed by atoms with van der Waals surface area (Å²) in [6.07, 6.45) is 0. The number of benzene rings is 2. The van der Waals surface area contributed by atoms with E-state index in [9.17, 15) is 19.0 Å². The van der Waals surface area contributed by atoms with Gasteiger partial charge in [0.1, 0.15) is 0 Å². The van der Waals surface area contributed by atoms with Gasteiger partial charge in [0, 0.05) is 11.1 Å². The molecule has 2 rings (SSSR count). The second kappa shape index (κ2) is 6.83. The summed E-state index contributed by atoms with van der Waals surface area (Å²) in [4.78, 5) is 35.7. The molecule has 0 saturated heterocycles. The van der Waals surface area contributed by atoms with Crippen LogP contribution >= 0.6 is 7.37 Å². The molecular weight excluding hydrogens is 270 g/mol. The second-order valence-electron chi connectivity index (χ2n) is 3.89. The van der Waals surface area contributed by atoms with Gasteiger partial charge in [0.2, 0.25) is 11.0 Å². The Balaban J connectivity index is 0.00000200. The Morgan fingerprint density at radius 2 is 1.05 bits per heavy atom. The smallest absolute Gasteiger partial charge is 0.788 e. The van der Waals surface area contributed by atoms with Crippen LogP contribution in [0, 0.1) is 0 Å². The fourth-order valence-electron chi connectivity index (χ4n) is 1.59. The molecule has 0 aliphatic rings. The van der Waals surface area contributed by atoms with Crippen molar-refractivity contribution in [1.29, 1.82) is 0 Å². The molecule has 0 bridgehead atoms. The minimum Gasteiger partial charge on any atom is -0.788 e. The average molecular weight is 280 g/mol. The predicted octanol–water partition coefficient (Wildman–Crippen LogP) is -0.690. The molecule has 0 unspecified atom stereocenters. The van der Waals surface area contributed by atoms with E-state index in [1.807, 2.05) is 0 Å². The van der Waals surface area contributed by atoms with Crippen molar-refractivity contribution in [3.05, 3.63) is 71.8 Å². The average Bonchev–Trinajstić information content (AvgIpc) is 2.47. The van der Waals surface area contributed by atoms with Crippen LogP contribution in [-0.4, -0.2) is 11.0 Å². The molecule has 2 aromatic rings. The first-order valence-corrected chi connectivity index (χ1v) is 7.17. The molecule has 20 heavy (non-hydrogen) atoms. The molecule has 2 aromatic carbocycles. The first-order valence-electron chi connectivity index (χ1n) is 5.54. The van der Waals surface area contributed by atoms with E-state index >= 15 is 0 Å². The molecule has 0 spiro atoms. The second-order valence-corrected chi connectivity index (χ2v) is 5.81. The van der Waals surface area contributed by atoms with Crippen molar-refractivity contribution in [2.24, 2.45) is 0 Å². The van der Waals surface area contributed by atoms with Gasteiger partial charge in [-0.1, -0.05) is 60.7 Å². The fraction of sp³-hybridized carbons (Fsp3) is 0. The summed E-state index contributed by atoms with van der Waals surface area (Å²) < 4.78 is 12.0. The maximum Gasteiger partial charge on any atom is 1.00 e. The zero-order chi connectivity index (χ0) is 13.9. The number of hydrogen-bond acceptors (Lipinski definition) is 4. The van der Waals surface area contributed by atoms with Gasteiger partial charge in [-0.3, -0.25) is 9.59 Å². The van der Waals surface area contributed by atoms with Crippen LogP contribution in [0.25, 0.3) is 0 Å². The van der Waals surface area contributed by atoms with Crippen molar-refractivity contribution in [2.45, 2.75) is 0 Å². The van der Waals surface area contributed by atoms with Crippen molar-refractivity contribution >= 4 is 18.4 Å². The first kappa shape index (κ1) is 16.6. The molecule has 0 heterocycles. The largest absolute Gasteiger partial charge is 1.00 e. The molecule has 0 atom stereocenters. The van der Waals surface area contributed by atoms with Gasteiger partial charge in [-0.05, 0) is 0 Å². The Hall–Kier alpha value is -1.43.